The molecule has 3 nitrogen and oxygen atoms in total. The number of amides is 1. The van der Waals surface area contributed by atoms with Crippen LogP contribution in [0.2, 0.25) is 0 Å². The summed E-state index contributed by atoms with van der Waals surface area (Å²) in [6.45, 7) is 0.734. The van der Waals surface area contributed by atoms with Gasteiger partial charge in [-0.2, -0.15) is 0 Å². The van der Waals surface area contributed by atoms with Crippen molar-refractivity contribution in [3.05, 3.63) is 71.4 Å². The quantitative estimate of drug-likeness (QED) is 0.840. The molecule has 0 N–H and O–H groups in total. The zero-order valence-electron chi connectivity index (χ0n) is 13.8. The Hall–Kier alpha value is -2.55. The molecule has 1 amide bonds. The summed E-state index contributed by atoms with van der Waals surface area (Å²) < 4.78 is 5.28. The number of likely N-dealkylation sites (tertiary alicyclic amines) is 1. The van der Waals surface area contributed by atoms with Gasteiger partial charge < -0.3 is 9.64 Å². The molecule has 0 aromatic heterocycles. The molecule has 2 unspecified atom stereocenters. The second-order valence-electron chi connectivity index (χ2n) is 6.52. The standard InChI is InChI=1S/C21H21NO2/c1-24-17-9-5-8-16(12-17)10-11-22-20(18-14-19(18)21(22)23)13-15-6-3-2-4-7-15/h2-9,12-13,18-19H,10-11,14H2,1H3/b20-13-. The van der Waals surface area contributed by atoms with Gasteiger partial charge in [-0.15, -0.1) is 0 Å². The molecule has 4 rings (SSSR count). The van der Waals surface area contributed by atoms with E-state index in [1.54, 1.807) is 7.11 Å². The highest BCUT2D eigenvalue weighted by atomic mass is 16.5. The average molecular weight is 319 g/mol. The van der Waals surface area contributed by atoms with Crippen molar-refractivity contribution in [1.29, 1.82) is 0 Å². The molecule has 0 bridgehead atoms. The van der Waals surface area contributed by atoms with Crippen LogP contribution in [0.5, 0.6) is 5.75 Å². The number of fused-ring (bicyclic) bond motifs is 1. The van der Waals surface area contributed by atoms with Gasteiger partial charge in [0.1, 0.15) is 5.75 Å². The molecule has 1 heterocycles. The number of hydrogen-bond acceptors (Lipinski definition) is 2. The molecule has 2 aliphatic rings. The van der Waals surface area contributed by atoms with E-state index in [-0.39, 0.29) is 5.92 Å². The summed E-state index contributed by atoms with van der Waals surface area (Å²) in [6, 6.07) is 18.3. The van der Waals surface area contributed by atoms with E-state index in [4.69, 9.17) is 4.74 Å². The van der Waals surface area contributed by atoms with Crippen LogP contribution in [0.15, 0.2) is 60.3 Å². The normalized spacial score (nSPS) is 23.5. The topological polar surface area (TPSA) is 29.5 Å². The van der Waals surface area contributed by atoms with Crippen LogP contribution in [0.1, 0.15) is 17.5 Å². The van der Waals surface area contributed by atoms with Crippen LogP contribution in [-0.4, -0.2) is 24.5 Å². The first-order valence-electron chi connectivity index (χ1n) is 8.47. The van der Waals surface area contributed by atoms with E-state index in [0.29, 0.717) is 11.8 Å². The van der Waals surface area contributed by atoms with Gasteiger partial charge in [0, 0.05) is 24.1 Å². The van der Waals surface area contributed by atoms with Crippen LogP contribution in [-0.2, 0) is 11.2 Å². The Morgan fingerprint density at radius 3 is 2.75 bits per heavy atom. The monoisotopic (exact) mass is 319 g/mol. The summed E-state index contributed by atoms with van der Waals surface area (Å²) in [7, 11) is 1.68. The van der Waals surface area contributed by atoms with Crippen molar-refractivity contribution < 1.29 is 9.53 Å². The van der Waals surface area contributed by atoms with E-state index < -0.39 is 0 Å². The van der Waals surface area contributed by atoms with Gasteiger partial charge in [-0.3, -0.25) is 4.79 Å². The number of carbonyl (C=O) groups is 1. The summed E-state index contributed by atoms with van der Waals surface area (Å²) >= 11 is 0. The van der Waals surface area contributed by atoms with E-state index in [9.17, 15) is 4.79 Å². The number of ether oxygens (including phenoxy) is 1. The molecule has 1 saturated heterocycles. The fourth-order valence-corrected chi connectivity index (χ4v) is 3.54. The zero-order valence-corrected chi connectivity index (χ0v) is 13.8. The molecule has 2 atom stereocenters. The minimum atomic E-state index is 0.227. The largest absolute Gasteiger partial charge is 0.497 e. The molecule has 122 valence electrons. The molecule has 2 fully saturated rings. The Balaban J connectivity index is 1.52. The lowest BCUT2D eigenvalue weighted by Gasteiger charge is -2.21. The Kier molecular flexibility index (Phi) is 3.85. The first kappa shape index (κ1) is 15.0. The molecule has 1 aliphatic carbocycles. The first-order valence-corrected chi connectivity index (χ1v) is 8.47. The zero-order chi connectivity index (χ0) is 16.5. The number of benzene rings is 2. The average Bonchev–Trinajstić information content (AvgIpc) is 3.37. The Bertz CT molecular complexity index is 781. The van der Waals surface area contributed by atoms with Gasteiger partial charge in [0.2, 0.25) is 5.91 Å². The van der Waals surface area contributed by atoms with Gasteiger partial charge in [0.25, 0.3) is 0 Å². The van der Waals surface area contributed by atoms with Crippen LogP contribution >= 0.6 is 0 Å². The fraction of sp³-hybridized carbons (Fsp3) is 0.286. The van der Waals surface area contributed by atoms with E-state index in [1.807, 2.05) is 41.3 Å². The van der Waals surface area contributed by atoms with E-state index in [2.05, 4.69) is 24.3 Å². The number of allylic oxidation sites excluding steroid dienone is 1. The number of nitrogens with zero attached hydrogens (tertiary/aromatic N) is 1. The van der Waals surface area contributed by atoms with Gasteiger partial charge in [0.15, 0.2) is 0 Å². The number of carbonyl (C=O) groups excluding carboxylic acids is 1. The van der Waals surface area contributed by atoms with Crippen LogP contribution in [0.3, 0.4) is 0 Å². The summed E-state index contributed by atoms with van der Waals surface area (Å²) in [4.78, 5) is 14.5. The minimum Gasteiger partial charge on any atom is -0.497 e. The van der Waals surface area contributed by atoms with Crippen molar-refractivity contribution in [1.82, 2.24) is 4.90 Å². The van der Waals surface area contributed by atoms with Gasteiger partial charge in [-0.1, -0.05) is 42.5 Å². The van der Waals surface area contributed by atoms with Gasteiger partial charge >= 0.3 is 0 Å². The third kappa shape index (κ3) is 2.82. The summed E-state index contributed by atoms with van der Waals surface area (Å²) in [5.74, 6) is 1.82. The molecular formula is C21H21NO2. The molecule has 1 aliphatic heterocycles. The van der Waals surface area contributed by atoms with Crippen molar-refractivity contribution >= 4 is 12.0 Å². The third-order valence-electron chi connectivity index (χ3n) is 4.94. The number of piperidine rings is 1. The van der Waals surface area contributed by atoms with E-state index >= 15 is 0 Å². The SMILES string of the molecule is COc1cccc(CCN2C(=O)C3CC3/C2=C/c2ccccc2)c1. The lowest BCUT2D eigenvalue weighted by Crippen LogP contribution is -2.29. The predicted molar refractivity (Wildman–Crippen MR) is 94.4 cm³/mol. The maximum absolute atomic E-state index is 12.6. The number of hydrogen-bond donors (Lipinski definition) is 0. The third-order valence-corrected chi connectivity index (χ3v) is 4.94. The van der Waals surface area contributed by atoms with Crippen LogP contribution in [0.4, 0.5) is 0 Å². The highest BCUT2D eigenvalue weighted by Crippen LogP contribution is 2.53. The Labute approximate surface area is 142 Å². The maximum atomic E-state index is 12.6. The molecular weight excluding hydrogens is 298 g/mol. The first-order chi connectivity index (χ1) is 11.8. The van der Waals surface area contributed by atoms with E-state index in [1.165, 1.54) is 16.8 Å². The molecule has 2 aromatic carbocycles. The van der Waals surface area contributed by atoms with Crippen molar-refractivity contribution in [2.24, 2.45) is 11.8 Å². The smallest absolute Gasteiger partial charge is 0.230 e. The lowest BCUT2D eigenvalue weighted by molar-refractivity contribution is -0.128. The summed E-state index contributed by atoms with van der Waals surface area (Å²) in [5, 5.41) is 0. The highest BCUT2D eigenvalue weighted by Gasteiger charge is 2.55. The Morgan fingerprint density at radius 1 is 1.12 bits per heavy atom. The molecule has 3 heteroatoms. The van der Waals surface area contributed by atoms with Crippen LogP contribution in [0, 0.1) is 11.8 Å². The number of methoxy groups -OCH3 is 1. The molecule has 0 spiro atoms. The van der Waals surface area contributed by atoms with Crippen LogP contribution in [0.25, 0.3) is 6.08 Å². The fourth-order valence-electron chi connectivity index (χ4n) is 3.54. The minimum absolute atomic E-state index is 0.227. The van der Waals surface area contributed by atoms with Gasteiger partial charge in [-0.25, -0.2) is 0 Å². The molecule has 0 radical (unpaired) electrons. The molecule has 1 saturated carbocycles. The van der Waals surface area contributed by atoms with Crippen molar-refractivity contribution in [2.75, 3.05) is 13.7 Å². The molecule has 2 aromatic rings. The van der Waals surface area contributed by atoms with Crippen molar-refractivity contribution in [3.8, 4) is 5.75 Å². The van der Waals surface area contributed by atoms with Crippen molar-refractivity contribution in [2.45, 2.75) is 12.8 Å². The highest BCUT2D eigenvalue weighted by molar-refractivity contribution is 5.89. The predicted octanol–water partition coefficient (Wildman–Crippen LogP) is 3.76. The van der Waals surface area contributed by atoms with E-state index in [0.717, 1.165) is 25.1 Å². The number of rotatable bonds is 5. The van der Waals surface area contributed by atoms with Crippen LogP contribution < -0.4 is 4.74 Å². The van der Waals surface area contributed by atoms with Gasteiger partial charge in [0.05, 0.1) is 7.11 Å². The lowest BCUT2D eigenvalue weighted by atomic mass is 10.1. The molecule has 24 heavy (non-hydrogen) atoms. The maximum Gasteiger partial charge on any atom is 0.230 e. The summed E-state index contributed by atoms with van der Waals surface area (Å²) in [6.07, 6.45) is 4.04. The Morgan fingerprint density at radius 2 is 1.96 bits per heavy atom. The van der Waals surface area contributed by atoms with Gasteiger partial charge in [-0.05, 0) is 42.2 Å². The summed E-state index contributed by atoms with van der Waals surface area (Å²) in [5.41, 5.74) is 3.56. The van der Waals surface area contributed by atoms with Crippen molar-refractivity contribution in [3.63, 3.8) is 0 Å². The second kappa shape index (κ2) is 6.16. The second-order valence-corrected chi connectivity index (χ2v) is 6.52.